The van der Waals surface area contributed by atoms with Crippen molar-refractivity contribution in [1.82, 2.24) is 0 Å². The lowest BCUT2D eigenvalue weighted by Crippen LogP contribution is -1.96. The summed E-state index contributed by atoms with van der Waals surface area (Å²) in [5.74, 6) is 0.748. The molecule has 0 spiro atoms. The van der Waals surface area contributed by atoms with Crippen molar-refractivity contribution < 1.29 is 4.42 Å². The molecule has 0 aliphatic rings. The number of hydrogen-bond acceptors (Lipinski definition) is 3. The van der Waals surface area contributed by atoms with E-state index in [1.807, 2.05) is 31.2 Å². The molecule has 0 aliphatic carbocycles. The molecule has 0 saturated heterocycles. The summed E-state index contributed by atoms with van der Waals surface area (Å²) in [6.07, 6.45) is 1.62. The molecule has 1 heterocycles. The van der Waals surface area contributed by atoms with Crippen LogP contribution in [0.2, 0.25) is 0 Å². The maximum absolute atomic E-state index is 5.93. The average Bonchev–Trinajstić information content (AvgIpc) is 2.63. The van der Waals surface area contributed by atoms with Crippen LogP contribution in [0, 0.1) is 6.92 Å². The first-order valence-electron chi connectivity index (χ1n) is 4.38. The van der Waals surface area contributed by atoms with E-state index in [1.54, 1.807) is 6.26 Å². The quantitative estimate of drug-likeness (QED) is 0.675. The fraction of sp³-hybridized carbons (Fsp3) is 0.0909. The van der Waals surface area contributed by atoms with Crippen molar-refractivity contribution in [3.8, 4) is 11.3 Å². The summed E-state index contributed by atoms with van der Waals surface area (Å²) in [6.45, 7) is 1.93. The number of nitrogen functional groups attached to an aromatic ring is 2. The molecule has 2 aromatic rings. The summed E-state index contributed by atoms with van der Waals surface area (Å²) in [6, 6.07) is 7.36. The van der Waals surface area contributed by atoms with Crippen LogP contribution in [0.25, 0.3) is 11.3 Å². The molecule has 72 valence electrons. The van der Waals surface area contributed by atoms with Gasteiger partial charge < -0.3 is 15.9 Å². The molecule has 14 heavy (non-hydrogen) atoms. The number of aryl methyl sites for hydroxylation is 1. The third-order valence-electron chi connectivity index (χ3n) is 2.20. The number of furan rings is 1. The van der Waals surface area contributed by atoms with E-state index in [4.69, 9.17) is 15.9 Å². The zero-order valence-corrected chi connectivity index (χ0v) is 7.95. The van der Waals surface area contributed by atoms with Crippen LogP contribution in [0.3, 0.4) is 0 Å². The van der Waals surface area contributed by atoms with E-state index in [0.29, 0.717) is 11.4 Å². The maximum Gasteiger partial charge on any atom is 0.136 e. The van der Waals surface area contributed by atoms with Gasteiger partial charge in [0.2, 0.25) is 0 Å². The third kappa shape index (κ3) is 1.33. The van der Waals surface area contributed by atoms with Crippen molar-refractivity contribution in [3.05, 3.63) is 36.1 Å². The van der Waals surface area contributed by atoms with Crippen LogP contribution in [0.4, 0.5) is 11.4 Å². The lowest BCUT2D eigenvalue weighted by atomic mass is 10.1. The van der Waals surface area contributed by atoms with E-state index < -0.39 is 0 Å². The first-order chi connectivity index (χ1) is 6.68. The van der Waals surface area contributed by atoms with Gasteiger partial charge in [-0.05, 0) is 36.8 Å². The molecule has 0 atom stereocenters. The molecule has 3 nitrogen and oxygen atoms in total. The van der Waals surface area contributed by atoms with Crippen LogP contribution in [0.5, 0.6) is 0 Å². The normalized spacial score (nSPS) is 10.4. The monoisotopic (exact) mass is 188 g/mol. The van der Waals surface area contributed by atoms with E-state index in [0.717, 1.165) is 16.9 Å². The van der Waals surface area contributed by atoms with Crippen LogP contribution < -0.4 is 11.5 Å². The van der Waals surface area contributed by atoms with E-state index in [1.165, 1.54) is 0 Å². The molecule has 3 heteroatoms. The van der Waals surface area contributed by atoms with Gasteiger partial charge in [-0.25, -0.2) is 0 Å². The van der Waals surface area contributed by atoms with Crippen LogP contribution in [0.15, 0.2) is 34.9 Å². The molecule has 0 amide bonds. The minimum atomic E-state index is 0.697. The number of rotatable bonds is 1. The largest absolute Gasteiger partial charge is 0.464 e. The Morgan fingerprint density at radius 2 is 2.00 bits per heavy atom. The number of hydrogen-bond donors (Lipinski definition) is 2. The summed E-state index contributed by atoms with van der Waals surface area (Å²) in [7, 11) is 0. The van der Waals surface area contributed by atoms with Crippen LogP contribution in [-0.4, -0.2) is 0 Å². The smallest absolute Gasteiger partial charge is 0.136 e. The average molecular weight is 188 g/mol. The zero-order valence-electron chi connectivity index (χ0n) is 7.95. The van der Waals surface area contributed by atoms with E-state index in [-0.39, 0.29) is 0 Å². The highest BCUT2D eigenvalue weighted by Gasteiger charge is 2.08. The molecule has 0 aliphatic heterocycles. The molecule has 0 unspecified atom stereocenters. The topological polar surface area (TPSA) is 65.2 Å². The summed E-state index contributed by atoms with van der Waals surface area (Å²) >= 11 is 0. The summed E-state index contributed by atoms with van der Waals surface area (Å²) in [5, 5.41) is 0. The Hall–Kier alpha value is -1.90. The van der Waals surface area contributed by atoms with Gasteiger partial charge >= 0.3 is 0 Å². The van der Waals surface area contributed by atoms with Gasteiger partial charge in [-0.15, -0.1) is 0 Å². The van der Waals surface area contributed by atoms with Gasteiger partial charge in [0.15, 0.2) is 0 Å². The van der Waals surface area contributed by atoms with Gasteiger partial charge in [-0.1, -0.05) is 0 Å². The van der Waals surface area contributed by atoms with Crippen molar-refractivity contribution in [3.63, 3.8) is 0 Å². The summed E-state index contributed by atoms with van der Waals surface area (Å²) in [4.78, 5) is 0. The van der Waals surface area contributed by atoms with Crippen molar-refractivity contribution in [2.24, 2.45) is 0 Å². The standard InChI is InChI=1S/C11H12N2O/c1-7-5-8(12)6-9(11(7)13)10-3-2-4-14-10/h2-6H,12-13H2,1H3. The van der Waals surface area contributed by atoms with Gasteiger partial charge in [-0.3, -0.25) is 0 Å². The number of anilines is 2. The number of benzene rings is 1. The van der Waals surface area contributed by atoms with Crippen molar-refractivity contribution in [2.45, 2.75) is 6.92 Å². The third-order valence-corrected chi connectivity index (χ3v) is 2.20. The van der Waals surface area contributed by atoms with Gasteiger partial charge in [0.1, 0.15) is 5.76 Å². The minimum Gasteiger partial charge on any atom is -0.464 e. The highest BCUT2D eigenvalue weighted by atomic mass is 16.3. The van der Waals surface area contributed by atoms with Crippen molar-refractivity contribution >= 4 is 11.4 Å². The van der Waals surface area contributed by atoms with E-state index in [2.05, 4.69) is 0 Å². The SMILES string of the molecule is Cc1cc(N)cc(-c2ccco2)c1N. The van der Waals surface area contributed by atoms with Crippen molar-refractivity contribution in [2.75, 3.05) is 11.5 Å². The molecule has 4 N–H and O–H groups in total. The van der Waals surface area contributed by atoms with Crippen LogP contribution >= 0.6 is 0 Å². The highest BCUT2D eigenvalue weighted by molar-refractivity contribution is 5.78. The van der Waals surface area contributed by atoms with Gasteiger partial charge in [0.05, 0.1) is 6.26 Å². The molecular formula is C11H12N2O. The Balaban J connectivity index is 2.64. The Morgan fingerprint density at radius 1 is 1.21 bits per heavy atom. The second kappa shape index (κ2) is 3.10. The Kier molecular flexibility index (Phi) is 1.93. The van der Waals surface area contributed by atoms with Crippen molar-refractivity contribution in [1.29, 1.82) is 0 Å². The second-order valence-corrected chi connectivity index (χ2v) is 3.28. The minimum absolute atomic E-state index is 0.697. The molecule has 0 radical (unpaired) electrons. The molecule has 0 bridgehead atoms. The first kappa shape index (κ1) is 8.69. The lowest BCUT2D eigenvalue weighted by Gasteiger charge is -2.07. The molecule has 2 rings (SSSR count). The Morgan fingerprint density at radius 3 is 2.64 bits per heavy atom. The van der Waals surface area contributed by atoms with Crippen LogP contribution in [-0.2, 0) is 0 Å². The molecule has 0 saturated carbocycles. The predicted octanol–water partition coefficient (Wildman–Crippen LogP) is 2.42. The Bertz CT molecular complexity index is 447. The first-order valence-corrected chi connectivity index (χ1v) is 4.38. The fourth-order valence-corrected chi connectivity index (χ4v) is 1.46. The summed E-state index contributed by atoms with van der Waals surface area (Å²) < 4.78 is 5.27. The Labute approximate surface area is 82.3 Å². The van der Waals surface area contributed by atoms with Crippen LogP contribution in [0.1, 0.15) is 5.56 Å². The molecule has 1 aromatic heterocycles. The van der Waals surface area contributed by atoms with E-state index in [9.17, 15) is 0 Å². The predicted molar refractivity (Wildman–Crippen MR) is 57.7 cm³/mol. The summed E-state index contributed by atoms with van der Waals surface area (Å²) in [5.41, 5.74) is 14.9. The zero-order chi connectivity index (χ0) is 10.1. The molecule has 0 fully saturated rings. The number of nitrogens with two attached hydrogens (primary N) is 2. The molecule has 1 aromatic carbocycles. The highest BCUT2D eigenvalue weighted by Crippen LogP contribution is 2.30. The van der Waals surface area contributed by atoms with Gasteiger partial charge in [0.25, 0.3) is 0 Å². The maximum atomic E-state index is 5.93. The van der Waals surface area contributed by atoms with Gasteiger partial charge in [0, 0.05) is 16.9 Å². The fourth-order valence-electron chi connectivity index (χ4n) is 1.46. The van der Waals surface area contributed by atoms with E-state index >= 15 is 0 Å². The van der Waals surface area contributed by atoms with Gasteiger partial charge in [-0.2, -0.15) is 0 Å². The lowest BCUT2D eigenvalue weighted by molar-refractivity contribution is 0.582. The molecular weight excluding hydrogens is 176 g/mol. The second-order valence-electron chi connectivity index (χ2n) is 3.28.